The Morgan fingerprint density at radius 1 is 1.29 bits per heavy atom. The van der Waals surface area contributed by atoms with E-state index in [1.165, 1.54) is 0 Å². The Kier molecular flexibility index (Phi) is 3.73. The first-order valence-electron chi connectivity index (χ1n) is 6.34. The van der Waals surface area contributed by atoms with Crippen LogP contribution in [-0.4, -0.2) is 12.1 Å². The predicted octanol–water partition coefficient (Wildman–Crippen LogP) is 4.70. The Labute approximate surface area is 135 Å². The summed E-state index contributed by atoms with van der Waals surface area (Å²) in [6.07, 6.45) is 0. The quantitative estimate of drug-likeness (QED) is 0.662. The lowest BCUT2D eigenvalue weighted by atomic mass is 10.2. The van der Waals surface area contributed by atoms with Gasteiger partial charge in [-0.25, -0.2) is 4.98 Å². The highest BCUT2D eigenvalue weighted by atomic mass is 79.9. The van der Waals surface area contributed by atoms with Crippen molar-refractivity contribution in [2.75, 3.05) is 18.2 Å². The van der Waals surface area contributed by atoms with Crippen LogP contribution >= 0.6 is 27.3 Å². The lowest BCUT2D eigenvalue weighted by Gasteiger charge is -2.11. The van der Waals surface area contributed by atoms with Crippen LogP contribution in [-0.2, 0) is 0 Å². The summed E-state index contributed by atoms with van der Waals surface area (Å²) in [4.78, 5) is 4.50. The molecule has 108 valence electrons. The highest BCUT2D eigenvalue weighted by Crippen LogP contribution is 2.34. The molecule has 2 aromatic carbocycles. The Balaban J connectivity index is 1.99. The van der Waals surface area contributed by atoms with E-state index < -0.39 is 0 Å². The normalized spacial score (nSPS) is 10.8. The summed E-state index contributed by atoms with van der Waals surface area (Å²) in [6, 6.07) is 9.74. The van der Waals surface area contributed by atoms with E-state index in [9.17, 15) is 0 Å². The van der Waals surface area contributed by atoms with Gasteiger partial charge in [0.1, 0.15) is 5.75 Å². The van der Waals surface area contributed by atoms with Gasteiger partial charge in [-0.15, -0.1) is 11.3 Å². The number of aromatic nitrogens is 1. The zero-order valence-corrected chi connectivity index (χ0v) is 14.0. The van der Waals surface area contributed by atoms with E-state index in [4.69, 9.17) is 10.5 Å². The van der Waals surface area contributed by atoms with Gasteiger partial charge < -0.3 is 15.8 Å². The molecule has 3 aromatic rings. The van der Waals surface area contributed by atoms with Gasteiger partial charge in [-0.05, 0) is 47.1 Å². The van der Waals surface area contributed by atoms with Gasteiger partial charge in [0.15, 0.2) is 0 Å². The number of nitrogen functional groups attached to an aromatic ring is 1. The second-order valence-electron chi connectivity index (χ2n) is 4.61. The van der Waals surface area contributed by atoms with Gasteiger partial charge in [-0.1, -0.05) is 0 Å². The maximum absolute atomic E-state index is 6.12. The van der Waals surface area contributed by atoms with Crippen molar-refractivity contribution in [3.05, 3.63) is 39.8 Å². The van der Waals surface area contributed by atoms with Gasteiger partial charge in [-0.2, -0.15) is 0 Å². The number of hydrogen-bond donors (Lipinski definition) is 2. The smallest absolute Gasteiger partial charge is 0.135 e. The maximum Gasteiger partial charge on any atom is 0.135 e. The highest BCUT2D eigenvalue weighted by Gasteiger charge is 2.08. The Morgan fingerprint density at radius 3 is 2.86 bits per heavy atom. The lowest BCUT2D eigenvalue weighted by Crippen LogP contribution is -1.97. The van der Waals surface area contributed by atoms with Crippen LogP contribution in [0.4, 0.5) is 17.1 Å². The van der Waals surface area contributed by atoms with Crippen molar-refractivity contribution >= 4 is 54.5 Å². The molecule has 3 N–H and O–H groups in total. The maximum atomic E-state index is 6.12. The third-order valence-electron chi connectivity index (χ3n) is 3.10. The molecule has 0 aliphatic heterocycles. The standard InChI is InChI=1S/C15H14BrN3OS/c1-8-18-13-7-12(11(17)6-15(13)21-8)19-9-3-4-10(16)14(5-9)20-2/h3-7,19H,17H2,1-2H3. The van der Waals surface area contributed by atoms with Gasteiger partial charge in [0, 0.05) is 11.8 Å². The van der Waals surface area contributed by atoms with Crippen molar-refractivity contribution in [1.29, 1.82) is 0 Å². The van der Waals surface area contributed by atoms with Crippen molar-refractivity contribution in [3.63, 3.8) is 0 Å². The van der Waals surface area contributed by atoms with Crippen LogP contribution in [0.5, 0.6) is 5.75 Å². The zero-order chi connectivity index (χ0) is 15.0. The molecule has 0 bridgehead atoms. The minimum atomic E-state index is 0.702. The van der Waals surface area contributed by atoms with E-state index in [1.54, 1.807) is 18.4 Å². The van der Waals surface area contributed by atoms with E-state index in [0.29, 0.717) is 5.69 Å². The number of thiazole rings is 1. The van der Waals surface area contributed by atoms with Crippen LogP contribution in [0.25, 0.3) is 10.2 Å². The summed E-state index contributed by atoms with van der Waals surface area (Å²) < 4.78 is 7.31. The molecule has 0 radical (unpaired) electrons. The van der Waals surface area contributed by atoms with E-state index in [0.717, 1.165) is 36.8 Å². The summed E-state index contributed by atoms with van der Waals surface area (Å²) in [7, 11) is 1.64. The number of aryl methyl sites for hydroxylation is 1. The minimum absolute atomic E-state index is 0.702. The van der Waals surface area contributed by atoms with Gasteiger partial charge in [0.25, 0.3) is 0 Å². The molecule has 0 spiro atoms. The number of anilines is 3. The molecule has 6 heteroatoms. The molecular formula is C15H14BrN3OS. The van der Waals surface area contributed by atoms with E-state index in [-0.39, 0.29) is 0 Å². The fourth-order valence-electron chi connectivity index (χ4n) is 2.11. The molecule has 0 aliphatic carbocycles. The van der Waals surface area contributed by atoms with Crippen LogP contribution in [0.3, 0.4) is 0 Å². The highest BCUT2D eigenvalue weighted by molar-refractivity contribution is 9.10. The van der Waals surface area contributed by atoms with Gasteiger partial charge in [0.05, 0.1) is 38.2 Å². The zero-order valence-electron chi connectivity index (χ0n) is 11.6. The van der Waals surface area contributed by atoms with E-state index >= 15 is 0 Å². The molecule has 0 aliphatic rings. The number of ether oxygens (including phenoxy) is 1. The van der Waals surface area contributed by atoms with Crippen LogP contribution in [0.1, 0.15) is 5.01 Å². The minimum Gasteiger partial charge on any atom is -0.495 e. The predicted molar refractivity (Wildman–Crippen MR) is 92.7 cm³/mol. The van der Waals surface area contributed by atoms with Gasteiger partial charge >= 0.3 is 0 Å². The van der Waals surface area contributed by atoms with Crippen molar-refractivity contribution in [3.8, 4) is 5.75 Å². The molecule has 4 nitrogen and oxygen atoms in total. The largest absolute Gasteiger partial charge is 0.495 e. The third kappa shape index (κ3) is 2.82. The number of rotatable bonds is 3. The molecule has 1 aromatic heterocycles. The monoisotopic (exact) mass is 363 g/mol. The number of halogens is 1. The molecule has 1 heterocycles. The van der Waals surface area contributed by atoms with E-state index in [2.05, 4.69) is 26.2 Å². The number of nitrogens with zero attached hydrogens (tertiary/aromatic N) is 1. The third-order valence-corrected chi connectivity index (χ3v) is 4.69. The van der Waals surface area contributed by atoms with Crippen molar-refractivity contribution in [1.82, 2.24) is 4.98 Å². The number of nitrogens with two attached hydrogens (primary N) is 1. The van der Waals surface area contributed by atoms with Gasteiger partial charge in [-0.3, -0.25) is 0 Å². The molecule has 0 unspecified atom stereocenters. The molecule has 0 saturated carbocycles. The number of methoxy groups -OCH3 is 1. The van der Waals surface area contributed by atoms with Crippen LogP contribution in [0.15, 0.2) is 34.8 Å². The first-order valence-corrected chi connectivity index (χ1v) is 7.95. The summed E-state index contributed by atoms with van der Waals surface area (Å²) in [5.74, 6) is 0.768. The number of benzene rings is 2. The van der Waals surface area contributed by atoms with Crippen LogP contribution in [0, 0.1) is 6.92 Å². The number of fused-ring (bicyclic) bond motifs is 1. The average molecular weight is 364 g/mol. The Bertz CT molecular complexity index is 816. The Hall–Kier alpha value is -1.79. The molecule has 0 fully saturated rings. The van der Waals surface area contributed by atoms with Gasteiger partial charge in [0.2, 0.25) is 0 Å². The van der Waals surface area contributed by atoms with Crippen LogP contribution in [0.2, 0.25) is 0 Å². The number of nitrogens with one attached hydrogen (secondary N) is 1. The van der Waals surface area contributed by atoms with Crippen molar-refractivity contribution < 1.29 is 4.74 Å². The molecule has 0 atom stereocenters. The SMILES string of the molecule is COc1cc(Nc2cc3nc(C)sc3cc2N)ccc1Br. The number of hydrogen-bond acceptors (Lipinski definition) is 5. The molecule has 0 amide bonds. The molecular weight excluding hydrogens is 350 g/mol. The lowest BCUT2D eigenvalue weighted by molar-refractivity contribution is 0.412. The fraction of sp³-hybridized carbons (Fsp3) is 0.133. The van der Waals surface area contributed by atoms with E-state index in [1.807, 2.05) is 37.3 Å². The van der Waals surface area contributed by atoms with Crippen LogP contribution < -0.4 is 15.8 Å². The second-order valence-corrected chi connectivity index (χ2v) is 6.70. The fourth-order valence-corrected chi connectivity index (χ4v) is 3.37. The second kappa shape index (κ2) is 5.54. The molecule has 0 saturated heterocycles. The molecule has 3 rings (SSSR count). The summed E-state index contributed by atoms with van der Waals surface area (Å²) in [5.41, 5.74) is 9.53. The summed E-state index contributed by atoms with van der Waals surface area (Å²) in [6.45, 7) is 1.99. The Morgan fingerprint density at radius 2 is 2.10 bits per heavy atom. The average Bonchev–Trinajstić information content (AvgIpc) is 2.80. The van der Waals surface area contributed by atoms with Crippen molar-refractivity contribution in [2.24, 2.45) is 0 Å². The summed E-state index contributed by atoms with van der Waals surface area (Å²) >= 11 is 5.08. The molecule has 21 heavy (non-hydrogen) atoms. The summed E-state index contributed by atoms with van der Waals surface area (Å²) in [5, 5.41) is 4.35. The topological polar surface area (TPSA) is 60.2 Å². The first kappa shape index (κ1) is 14.2. The first-order chi connectivity index (χ1) is 10.1. The van der Waals surface area contributed by atoms with Crippen molar-refractivity contribution in [2.45, 2.75) is 6.92 Å².